The van der Waals surface area contributed by atoms with Gasteiger partial charge < -0.3 is 10.2 Å². The Bertz CT molecular complexity index is 970. The minimum Gasteiger partial charge on any atom is -0.371 e. The van der Waals surface area contributed by atoms with E-state index in [9.17, 15) is 13.2 Å². The highest BCUT2D eigenvalue weighted by molar-refractivity contribution is 7.89. The zero-order valence-electron chi connectivity index (χ0n) is 16.0. The summed E-state index contributed by atoms with van der Waals surface area (Å²) >= 11 is 6.16. The molecule has 1 aliphatic rings. The lowest BCUT2D eigenvalue weighted by Crippen LogP contribution is -2.28. The van der Waals surface area contributed by atoms with Crippen LogP contribution >= 0.6 is 11.6 Å². The molecule has 1 N–H and O–H groups in total. The predicted octanol–water partition coefficient (Wildman–Crippen LogP) is 3.12. The molecule has 0 aliphatic carbocycles. The van der Waals surface area contributed by atoms with Crippen molar-refractivity contribution in [3.05, 3.63) is 58.6 Å². The van der Waals surface area contributed by atoms with Gasteiger partial charge >= 0.3 is 0 Å². The van der Waals surface area contributed by atoms with E-state index in [2.05, 4.69) is 10.2 Å². The molecule has 6 nitrogen and oxygen atoms in total. The largest absolute Gasteiger partial charge is 0.371 e. The molecule has 28 heavy (non-hydrogen) atoms. The summed E-state index contributed by atoms with van der Waals surface area (Å²) in [6, 6.07) is 12.0. The fraction of sp³-hybridized carbons (Fsp3) is 0.350. The molecular weight excluding hydrogens is 398 g/mol. The van der Waals surface area contributed by atoms with E-state index in [1.807, 2.05) is 18.2 Å². The van der Waals surface area contributed by atoms with Crippen molar-refractivity contribution < 1.29 is 13.2 Å². The maximum Gasteiger partial charge on any atom is 0.253 e. The summed E-state index contributed by atoms with van der Waals surface area (Å²) in [5, 5.41) is 3.44. The third-order valence-electron chi connectivity index (χ3n) is 4.84. The van der Waals surface area contributed by atoms with Crippen LogP contribution in [-0.4, -0.2) is 45.8 Å². The van der Waals surface area contributed by atoms with Crippen molar-refractivity contribution in [2.24, 2.45) is 0 Å². The van der Waals surface area contributed by atoms with Crippen LogP contribution < -0.4 is 10.2 Å². The third kappa shape index (κ3) is 4.32. The van der Waals surface area contributed by atoms with Gasteiger partial charge in [-0.15, -0.1) is 0 Å². The molecule has 1 aliphatic heterocycles. The van der Waals surface area contributed by atoms with Crippen molar-refractivity contribution in [2.75, 3.05) is 32.1 Å². The van der Waals surface area contributed by atoms with Crippen LogP contribution in [0.3, 0.4) is 0 Å². The summed E-state index contributed by atoms with van der Waals surface area (Å²) in [7, 11) is -0.687. The Morgan fingerprint density at radius 3 is 2.46 bits per heavy atom. The molecule has 0 spiro atoms. The second-order valence-electron chi connectivity index (χ2n) is 6.93. The van der Waals surface area contributed by atoms with Crippen LogP contribution in [0.2, 0.25) is 5.02 Å². The van der Waals surface area contributed by atoms with Crippen LogP contribution in [0.1, 0.15) is 28.8 Å². The summed E-state index contributed by atoms with van der Waals surface area (Å²) in [4.78, 5) is 15.2. The van der Waals surface area contributed by atoms with E-state index in [4.69, 9.17) is 11.6 Å². The number of hydrogen-bond donors (Lipinski definition) is 1. The Balaban J connectivity index is 1.93. The second kappa shape index (κ2) is 8.51. The van der Waals surface area contributed by atoms with Crippen LogP contribution in [0.15, 0.2) is 47.4 Å². The van der Waals surface area contributed by atoms with Gasteiger partial charge in [-0.05, 0) is 42.7 Å². The van der Waals surface area contributed by atoms with Gasteiger partial charge in [0.2, 0.25) is 10.0 Å². The highest BCUT2D eigenvalue weighted by Crippen LogP contribution is 2.28. The van der Waals surface area contributed by atoms with Crippen LogP contribution in [0.25, 0.3) is 0 Å². The molecule has 1 heterocycles. The Hall–Kier alpha value is -2.09. The van der Waals surface area contributed by atoms with Crippen molar-refractivity contribution in [3.8, 4) is 0 Å². The zero-order chi connectivity index (χ0) is 20.3. The Morgan fingerprint density at radius 2 is 1.82 bits per heavy atom. The summed E-state index contributed by atoms with van der Waals surface area (Å²) in [5.74, 6) is -0.322. The van der Waals surface area contributed by atoms with Gasteiger partial charge in [-0.1, -0.05) is 29.8 Å². The number of anilines is 1. The lowest BCUT2D eigenvalue weighted by Gasteiger charge is -2.22. The number of benzene rings is 2. The lowest BCUT2D eigenvalue weighted by atomic mass is 10.1. The van der Waals surface area contributed by atoms with Crippen molar-refractivity contribution >= 4 is 33.2 Å². The molecule has 3 rings (SSSR count). The minimum absolute atomic E-state index is 0.100. The van der Waals surface area contributed by atoms with E-state index in [-0.39, 0.29) is 17.3 Å². The maximum atomic E-state index is 13.0. The monoisotopic (exact) mass is 421 g/mol. The number of carbonyl (C=O) groups excluding carboxylic acids is 1. The van der Waals surface area contributed by atoms with E-state index >= 15 is 0 Å². The molecular formula is C20H24ClN3O3S. The molecule has 0 unspecified atom stereocenters. The van der Waals surface area contributed by atoms with E-state index < -0.39 is 10.0 Å². The number of nitrogens with zero attached hydrogens (tertiary/aromatic N) is 2. The first-order chi connectivity index (χ1) is 13.3. The normalized spacial score (nSPS) is 14.5. The van der Waals surface area contributed by atoms with Crippen LogP contribution in [0.4, 0.5) is 5.69 Å². The first-order valence-corrected chi connectivity index (χ1v) is 11.0. The van der Waals surface area contributed by atoms with Gasteiger partial charge in [-0.25, -0.2) is 12.7 Å². The van der Waals surface area contributed by atoms with Gasteiger partial charge in [0.1, 0.15) is 0 Å². The number of nitrogens with one attached hydrogen (secondary N) is 1. The van der Waals surface area contributed by atoms with Crippen molar-refractivity contribution in [3.63, 3.8) is 0 Å². The summed E-state index contributed by atoms with van der Waals surface area (Å²) in [5.41, 5.74) is 1.92. The van der Waals surface area contributed by atoms with E-state index in [1.165, 1.54) is 20.2 Å². The van der Waals surface area contributed by atoms with Gasteiger partial charge in [0, 0.05) is 44.4 Å². The van der Waals surface area contributed by atoms with Gasteiger partial charge in [0.05, 0.1) is 10.5 Å². The summed E-state index contributed by atoms with van der Waals surface area (Å²) in [6.45, 7) is 1.97. The average Bonchev–Trinajstić information content (AvgIpc) is 3.21. The number of halogens is 1. The van der Waals surface area contributed by atoms with Crippen molar-refractivity contribution in [1.29, 1.82) is 0 Å². The molecule has 8 heteroatoms. The fourth-order valence-electron chi connectivity index (χ4n) is 3.21. The van der Waals surface area contributed by atoms with Crippen molar-refractivity contribution in [2.45, 2.75) is 24.3 Å². The van der Waals surface area contributed by atoms with E-state index in [0.717, 1.165) is 41.5 Å². The number of sulfonamides is 1. The smallest absolute Gasteiger partial charge is 0.253 e. The fourth-order valence-corrected chi connectivity index (χ4v) is 4.35. The molecule has 2 aromatic rings. The number of hydrogen-bond acceptors (Lipinski definition) is 4. The molecule has 0 bridgehead atoms. The van der Waals surface area contributed by atoms with Gasteiger partial charge in [-0.3, -0.25) is 4.79 Å². The Kier molecular flexibility index (Phi) is 6.27. The molecule has 1 amide bonds. The third-order valence-corrected chi connectivity index (χ3v) is 7.02. The Morgan fingerprint density at radius 1 is 1.14 bits per heavy atom. The first-order valence-electron chi connectivity index (χ1n) is 9.14. The summed E-state index contributed by atoms with van der Waals surface area (Å²) in [6.07, 6.45) is 2.11. The molecule has 1 saturated heterocycles. The van der Waals surface area contributed by atoms with E-state index in [1.54, 1.807) is 18.2 Å². The molecule has 0 atom stereocenters. The summed E-state index contributed by atoms with van der Waals surface area (Å²) < 4.78 is 26.2. The van der Waals surface area contributed by atoms with Crippen molar-refractivity contribution in [1.82, 2.24) is 9.62 Å². The predicted molar refractivity (Wildman–Crippen MR) is 111 cm³/mol. The topological polar surface area (TPSA) is 69.7 Å². The lowest BCUT2D eigenvalue weighted by molar-refractivity contribution is 0.0951. The van der Waals surface area contributed by atoms with Crippen LogP contribution in [-0.2, 0) is 16.6 Å². The number of amides is 1. The molecule has 0 radical (unpaired) electrons. The first kappa shape index (κ1) is 20.6. The second-order valence-corrected chi connectivity index (χ2v) is 9.49. The molecule has 150 valence electrons. The molecule has 2 aromatic carbocycles. The highest BCUT2D eigenvalue weighted by Gasteiger charge is 2.24. The highest BCUT2D eigenvalue weighted by atomic mass is 35.5. The van der Waals surface area contributed by atoms with Gasteiger partial charge in [0.25, 0.3) is 5.91 Å². The quantitative estimate of drug-likeness (QED) is 0.778. The number of rotatable bonds is 6. The maximum absolute atomic E-state index is 13.0. The molecule has 0 saturated carbocycles. The minimum atomic E-state index is -3.63. The van der Waals surface area contributed by atoms with E-state index in [0.29, 0.717) is 10.6 Å². The van der Waals surface area contributed by atoms with Gasteiger partial charge in [-0.2, -0.15) is 0 Å². The standard InChI is InChI=1S/C20H24ClN3O3S/c1-23(2)28(26,27)16-9-10-19(24-11-5-6-12-24)17(13-16)20(25)22-14-15-7-3-4-8-18(15)21/h3-4,7-10,13H,5-6,11-12,14H2,1-2H3,(H,22,25). The molecule has 1 fully saturated rings. The molecule has 0 aromatic heterocycles. The zero-order valence-corrected chi connectivity index (χ0v) is 17.6. The van der Waals surface area contributed by atoms with Crippen LogP contribution in [0, 0.1) is 0 Å². The Labute approximate surface area is 171 Å². The average molecular weight is 422 g/mol. The van der Waals surface area contributed by atoms with Crippen LogP contribution in [0.5, 0.6) is 0 Å². The van der Waals surface area contributed by atoms with Gasteiger partial charge in [0.15, 0.2) is 0 Å². The SMILES string of the molecule is CN(C)S(=O)(=O)c1ccc(N2CCCC2)c(C(=O)NCc2ccccc2Cl)c1. The number of carbonyl (C=O) groups is 1.